The molecular weight excluding hydrogens is 304 g/mol. The number of aromatic nitrogens is 2. The first-order valence-electron chi connectivity index (χ1n) is 6.82. The minimum absolute atomic E-state index is 0.0992. The second-order valence-corrected chi connectivity index (χ2v) is 4.57. The van der Waals surface area contributed by atoms with Crippen LogP contribution in [0.1, 0.15) is 12.6 Å². The van der Waals surface area contributed by atoms with E-state index in [1.807, 2.05) is 0 Å². The van der Waals surface area contributed by atoms with Gasteiger partial charge in [-0.1, -0.05) is 12.1 Å². The van der Waals surface area contributed by atoms with E-state index in [1.54, 1.807) is 39.1 Å². The number of nitrogens with one attached hydrogen (secondary N) is 1. The van der Waals surface area contributed by atoms with Crippen LogP contribution in [0.2, 0.25) is 0 Å². The molecule has 2 rings (SSSR count). The van der Waals surface area contributed by atoms with Gasteiger partial charge >= 0.3 is 6.16 Å². The van der Waals surface area contributed by atoms with Gasteiger partial charge in [-0.2, -0.15) is 5.10 Å². The Hall–Kier alpha value is -3.10. The summed E-state index contributed by atoms with van der Waals surface area (Å²) in [6.45, 7) is 3.51. The number of hydrogen-bond donors (Lipinski definition) is 1. The molecule has 0 bridgehead atoms. The van der Waals surface area contributed by atoms with Gasteiger partial charge in [-0.15, -0.1) is 0 Å². The third-order valence-electron chi connectivity index (χ3n) is 2.97. The third kappa shape index (κ3) is 3.57. The summed E-state index contributed by atoms with van der Waals surface area (Å²) < 4.78 is 11.2. The van der Waals surface area contributed by atoms with Crippen LogP contribution in [0.3, 0.4) is 0 Å². The van der Waals surface area contributed by atoms with Gasteiger partial charge in [0.2, 0.25) is 5.88 Å². The van der Waals surface area contributed by atoms with Crippen molar-refractivity contribution in [2.24, 2.45) is 7.05 Å². The Morgan fingerprint density at radius 1 is 1.43 bits per heavy atom. The van der Waals surface area contributed by atoms with Crippen molar-refractivity contribution >= 4 is 23.2 Å². The normalized spacial score (nSPS) is 10.2. The maximum Gasteiger partial charge on any atom is 0.515 e. The van der Waals surface area contributed by atoms with E-state index in [0.29, 0.717) is 11.4 Å². The number of hydrogen-bond acceptors (Lipinski definition) is 7. The fourth-order valence-electron chi connectivity index (χ4n) is 2.00. The Kier molecular flexibility index (Phi) is 4.79. The summed E-state index contributed by atoms with van der Waals surface area (Å²) in [5.74, 6) is 0.110. The number of nitrogens with zero attached hydrogens (tertiary/aromatic N) is 3. The number of carbonyl (C=O) groups excluding carboxylic acids is 1. The molecule has 23 heavy (non-hydrogen) atoms. The molecule has 9 heteroatoms. The first-order valence-corrected chi connectivity index (χ1v) is 6.82. The average Bonchev–Trinajstić information content (AvgIpc) is 2.75. The lowest BCUT2D eigenvalue weighted by Crippen LogP contribution is -2.13. The van der Waals surface area contributed by atoms with Gasteiger partial charge in [-0.3, -0.25) is 10.1 Å². The first-order chi connectivity index (χ1) is 10.9. The van der Waals surface area contributed by atoms with E-state index < -0.39 is 11.1 Å². The van der Waals surface area contributed by atoms with E-state index >= 15 is 0 Å². The van der Waals surface area contributed by atoms with Crippen molar-refractivity contribution in [1.82, 2.24) is 9.78 Å². The molecule has 1 N–H and O–H groups in total. The minimum atomic E-state index is -0.874. The van der Waals surface area contributed by atoms with Crippen LogP contribution in [0.4, 0.5) is 21.9 Å². The highest BCUT2D eigenvalue weighted by Gasteiger charge is 2.21. The van der Waals surface area contributed by atoms with Crippen molar-refractivity contribution in [3.8, 4) is 5.88 Å². The van der Waals surface area contributed by atoms with Crippen LogP contribution in [-0.2, 0) is 11.8 Å². The largest absolute Gasteiger partial charge is 0.515 e. The Balaban J connectivity index is 2.37. The summed E-state index contributed by atoms with van der Waals surface area (Å²) in [6, 6.07) is 6.15. The summed E-state index contributed by atoms with van der Waals surface area (Å²) in [7, 11) is 1.59. The highest BCUT2D eigenvalue weighted by atomic mass is 16.7. The number of aryl methyl sites for hydroxylation is 2. The molecule has 1 heterocycles. The van der Waals surface area contributed by atoms with E-state index in [9.17, 15) is 14.9 Å². The fraction of sp³-hybridized carbons (Fsp3) is 0.286. The zero-order valence-electron chi connectivity index (χ0n) is 12.9. The summed E-state index contributed by atoms with van der Waals surface area (Å²) in [5, 5.41) is 18.1. The maximum atomic E-state index is 11.5. The molecule has 2 aromatic rings. The molecule has 1 aromatic heterocycles. The molecule has 0 atom stereocenters. The quantitative estimate of drug-likeness (QED) is 0.512. The molecule has 0 aliphatic carbocycles. The van der Waals surface area contributed by atoms with Gasteiger partial charge in [-0.25, -0.2) is 9.48 Å². The van der Waals surface area contributed by atoms with Crippen molar-refractivity contribution in [1.29, 1.82) is 0 Å². The lowest BCUT2D eigenvalue weighted by atomic mass is 10.2. The number of nitro groups is 1. The summed E-state index contributed by atoms with van der Waals surface area (Å²) in [5.41, 5.74) is 1.04. The van der Waals surface area contributed by atoms with Gasteiger partial charge in [0.15, 0.2) is 0 Å². The molecule has 1 aromatic carbocycles. The molecule has 0 aliphatic rings. The highest BCUT2D eigenvalue weighted by molar-refractivity contribution is 5.75. The highest BCUT2D eigenvalue weighted by Crippen LogP contribution is 2.34. The number of para-hydroxylation sites is 2. The molecule has 122 valence electrons. The van der Waals surface area contributed by atoms with E-state index in [2.05, 4.69) is 10.4 Å². The van der Waals surface area contributed by atoms with Gasteiger partial charge in [0, 0.05) is 13.1 Å². The molecule has 0 unspecified atom stereocenters. The van der Waals surface area contributed by atoms with Crippen LogP contribution in [0.5, 0.6) is 5.88 Å². The second-order valence-electron chi connectivity index (χ2n) is 4.57. The molecule has 0 saturated carbocycles. The zero-order valence-corrected chi connectivity index (χ0v) is 12.9. The van der Waals surface area contributed by atoms with Crippen LogP contribution < -0.4 is 10.1 Å². The van der Waals surface area contributed by atoms with E-state index in [4.69, 9.17) is 9.47 Å². The molecule has 0 aliphatic heterocycles. The molecule has 0 fully saturated rings. The number of benzene rings is 1. The van der Waals surface area contributed by atoms with Crippen molar-refractivity contribution < 1.29 is 19.2 Å². The van der Waals surface area contributed by atoms with Gasteiger partial charge in [0.25, 0.3) is 5.69 Å². The lowest BCUT2D eigenvalue weighted by Gasteiger charge is -2.09. The van der Waals surface area contributed by atoms with E-state index in [0.717, 1.165) is 0 Å². The average molecular weight is 320 g/mol. The SMILES string of the molecule is CCOC(=O)Oc1c(Nc2ccccc2[N+](=O)[O-])c(C)nn1C. The first kappa shape index (κ1) is 16.3. The second kappa shape index (κ2) is 6.77. The smallest absolute Gasteiger partial charge is 0.434 e. The minimum Gasteiger partial charge on any atom is -0.434 e. The molecule has 0 spiro atoms. The lowest BCUT2D eigenvalue weighted by molar-refractivity contribution is -0.383. The van der Waals surface area contributed by atoms with Gasteiger partial charge in [-0.05, 0) is 19.9 Å². The van der Waals surface area contributed by atoms with Gasteiger partial charge in [0.05, 0.1) is 17.2 Å². The number of anilines is 2. The Morgan fingerprint density at radius 2 is 2.13 bits per heavy atom. The van der Waals surface area contributed by atoms with E-state index in [1.165, 1.54) is 10.7 Å². The standard InChI is InChI=1S/C14H16N4O5/c1-4-22-14(19)23-13-12(9(2)16-17(13)3)15-10-7-5-6-8-11(10)18(20)21/h5-8,15H,4H2,1-3H3. The zero-order chi connectivity index (χ0) is 17.0. The topological polar surface area (TPSA) is 109 Å². The molecular formula is C14H16N4O5. The predicted molar refractivity (Wildman–Crippen MR) is 82.0 cm³/mol. The molecule has 0 saturated heterocycles. The number of rotatable bonds is 5. The molecule has 0 radical (unpaired) electrons. The number of carbonyl (C=O) groups is 1. The van der Waals surface area contributed by atoms with Crippen molar-refractivity contribution in [3.63, 3.8) is 0 Å². The Labute approximate surface area is 132 Å². The van der Waals surface area contributed by atoms with Crippen molar-refractivity contribution in [2.75, 3.05) is 11.9 Å². The van der Waals surface area contributed by atoms with Crippen LogP contribution in [-0.4, -0.2) is 27.5 Å². The van der Waals surface area contributed by atoms with Crippen molar-refractivity contribution in [2.45, 2.75) is 13.8 Å². The van der Waals surface area contributed by atoms with Crippen molar-refractivity contribution in [3.05, 3.63) is 40.1 Å². The van der Waals surface area contributed by atoms with Crippen LogP contribution in [0.15, 0.2) is 24.3 Å². The monoisotopic (exact) mass is 320 g/mol. The van der Waals surface area contributed by atoms with Gasteiger partial charge in [0.1, 0.15) is 11.4 Å². The fourth-order valence-corrected chi connectivity index (χ4v) is 2.00. The summed E-state index contributed by atoms with van der Waals surface area (Å²) in [6.07, 6.45) is -0.874. The van der Waals surface area contributed by atoms with Crippen LogP contribution in [0.25, 0.3) is 0 Å². The third-order valence-corrected chi connectivity index (χ3v) is 2.97. The van der Waals surface area contributed by atoms with Gasteiger partial charge < -0.3 is 14.8 Å². The Bertz CT molecular complexity index is 741. The number of nitro benzene ring substituents is 1. The van der Waals surface area contributed by atoms with Crippen LogP contribution in [0, 0.1) is 17.0 Å². The molecule has 9 nitrogen and oxygen atoms in total. The predicted octanol–water partition coefficient (Wildman–Crippen LogP) is 2.92. The van der Waals surface area contributed by atoms with E-state index in [-0.39, 0.29) is 23.9 Å². The molecule has 0 amide bonds. The summed E-state index contributed by atoms with van der Waals surface area (Å²) in [4.78, 5) is 22.1. The maximum absolute atomic E-state index is 11.5. The summed E-state index contributed by atoms with van der Waals surface area (Å²) >= 11 is 0. The van der Waals surface area contributed by atoms with Crippen LogP contribution >= 0.6 is 0 Å². The Morgan fingerprint density at radius 3 is 2.78 bits per heavy atom. The number of ether oxygens (including phenoxy) is 2.